The maximum Gasteiger partial charge on any atom is 0.337 e. The summed E-state index contributed by atoms with van der Waals surface area (Å²) in [7, 11) is 0. The number of carboxylic acids is 1. The lowest BCUT2D eigenvalue weighted by atomic mass is 9.97. The van der Waals surface area contributed by atoms with Crippen LogP contribution >= 0.6 is 0 Å². The maximum absolute atomic E-state index is 11.2. The molecule has 0 aromatic heterocycles. The number of carbonyl (C=O) groups is 2. The molecule has 0 saturated carbocycles. The van der Waals surface area contributed by atoms with Crippen LogP contribution in [0.25, 0.3) is 0 Å². The molecule has 0 aliphatic rings. The van der Waals surface area contributed by atoms with Crippen molar-refractivity contribution in [3.05, 3.63) is 34.9 Å². The number of aliphatic hydroxyl groups excluding tert-OH is 1. The average Bonchev–Trinajstić information content (AvgIpc) is 2.16. The highest BCUT2D eigenvalue weighted by Crippen LogP contribution is 2.20. The molecule has 0 aliphatic heterocycles. The molecule has 0 fully saturated rings. The lowest BCUT2D eigenvalue weighted by Gasteiger charge is -2.10. The molecule has 1 rings (SSSR count). The van der Waals surface area contributed by atoms with E-state index in [-0.39, 0.29) is 16.9 Å². The van der Waals surface area contributed by atoms with E-state index in [0.717, 1.165) is 5.56 Å². The van der Waals surface area contributed by atoms with Crippen LogP contribution in [0.15, 0.2) is 18.2 Å². The first-order chi connectivity index (χ1) is 6.93. The molecular formula is C11H12O4. The zero-order valence-corrected chi connectivity index (χ0v) is 8.52. The largest absolute Gasteiger partial charge is 0.479 e. The number of ketones is 1. The van der Waals surface area contributed by atoms with Crippen LogP contribution in [-0.2, 0) is 4.79 Å². The molecule has 0 saturated heterocycles. The van der Waals surface area contributed by atoms with Crippen LogP contribution in [0.2, 0.25) is 0 Å². The van der Waals surface area contributed by atoms with Gasteiger partial charge in [0.05, 0.1) is 0 Å². The summed E-state index contributed by atoms with van der Waals surface area (Å²) >= 11 is 0. The first kappa shape index (κ1) is 11.4. The highest BCUT2D eigenvalue weighted by atomic mass is 16.4. The second kappa shape index (κ2) is 4.23. The Morgan fingerprint density at radius 3 is 2.40 bits per heavy atom. The van der Waals surface area contributed by atoms with E-state index in [0.29, 0.717) is 0 Å². The van der Waals surface area contributed by atoms with Gasteiger partial charge in [0.2, 0.25) is 0 Å². The lowest BCUT2D eigenvalue weighted by molar-refractivity contribution is -0.146. The zero-order chi connectivity index (χ0) is 11.6. The first-order valence-electron chi connectivity index (χ1n) is 4.46. The molecule has 0 spiro atoms. The predicted molar refractivity (Wildman–Crippen MR) is 53.8 cm³/mol. The Balaban J connectivity index is 3.28. The summed E-state index contributed by atoms with van der Waals surface area (Å²) < 4.78 is 0. The SMILES string of the molecule is CC(=O)c1cc(C)ccc1[C@@H](O)C(=O)O. The number of carbonyl (C=O) groups excluding carboxylic acids is 1. The molecule has 80 valence electrons. The smallest absolute Gasteiger partial charge is 0.337 e. The van der Waals surface area contributed by atoms with Crippen molar-refractivity contribution in [1.29, 1.82) is 0 Å². The maximum atomic E-state index is 11.2. The van der Waals surface area contributed by atoms with Crippen LogP contribution in [-0.4, -0.2) is 22.0 Å². The van der Waals surface area contributed by atoms with Gasteiger partial charge in [-0.3, -0.25) is 4.79 Å². The Labute approximate surface area is 87.2 Å². The number of aliphatic hydroxyl groups is 1. The van der Waals surface area contributed by atoms with Crippen LogP contribution in [0.1, 0.15) is 34.5 Å². The van der Waals surface area contributed by atoms with Crippen molar-refractivity contribution < 1.29 is 19.8 Å². The van der Waals surface area contributed by atoms with Crippen molar-refractivity contribution in [1.82, 2.24) is 0 Å². The van der Waals surface area contributed by atoms with Gasteiger partial charge in [0.25, 0.3) is 0 Å². The molecule has 0 aliphatic carbocycles. The average molecular weight is 208 g/mol. The molecule has 0 radical (unpaired) electrons. The van der Waals surface area contributed by atoms with Crippen LogP contribution in [0, 0.1) is 6.92 Å². The molecule has 0 heterocycles. The highest BCUT2D eigenvalue weighted by Gasteiger charge is 2.20. The van der Waals surface area contributed by atoms with Gasteiger partial charge in [-0.05, 0) is 19.9 Å². The van der Waals surface area contributed by atoms with Gasteiger partial charge in [-0.1, -0.05) is 17.7 Å². The zero-order valence-electron chi connectivity index (χ0n) is 8.52. The van der Waals surface area contributed by atoms with Crippen molar-refractivity contribution in [2.45, 2.75) is 20.0 Å². The number of carboxylic acid groups (broad SMARTS) is 1. The molecule has 0 amide bonds. The Hall–Kier alpha value is -1.68. The number of rotatable bonds is 3. The van der Waals surface area contributed by atoms with Gasteiger partial charge >= 0.3 is 5.97 Å². The van der Waals surface area contributed by atoms with E-state index in [9.17, 15) is 14.7 Å². The van der Waals surface area contributed by atoms with E-state index in [1.54, 1.807) is 19.1 Å². The second-order valence-electron chi connectivity index (χ2n) is 3.39. The number of hydrogen-bond acceptors (Lipinski definition) is 3. The standard InChI is InChI=1S/C11H12O4/c1-6-3-4-8(10(13)11(14)15)9(5-6)7(2)12/h3-5,10,13H,1-2H3,(H,14,15)/t10-/m1/s1. The van der Waals surface area contributed by atoms with Crippen molar-refractivity contribution in [3.63, 3.8) is 0 Å². The number of aliphatic carboxylic acids is 1. The third kappa shape index (κ3) is 2.41. The van der Waals surface area contributed by atoms with E-state index in [1.165, 1.54) is 13.0 Å². The minimum atomic E-state index is -1.65. The second-order valence-corrected chi connectivity index (χ2v) is 3.39. The van der Waals surface area contributed by atoms with Crippen molar-refractivity contribution in [2.24, 2.45) is 0 Å². The third-order valence-electron chi connectivity index (χ3n) is 2.12. The molecule has 1 aromatic rings. The van der Waals surface area contributed by atoms with Gasteiger partial charge in [0.15, 0.2) is 11.9 Å². The monoisotopic (exact) mass is 208 g/mol. The summed E-state index contributed by atoms with van der Waals surface area (Å²) in [5.74, 6) is -1.62. The molecule has 1 atom stereocenters. The third-order valence-corrected chi connectivity index (χ3v) is 2.12. The van der Waals surface area contributed by atoms with Crippen molar-refractivity contribution in [2.75, 3.05) is 0 Å². The van der Waals surface area contributed by atoms with Gasteiger partial charge < -0.3 is 10.2 Å². The van der Waals surface area contributed by atoms with Gasteiger partial charge in [0, 0.05) is 11.1 Å². The molecule has 4 nitrogen and oxygen atoms in total. The molecule has 0 unspecified atom stereocenters. The highest BCUT2D eigenvalue weighted by molar-refractivity contribution is 5.97. The first-order valence-corrected chi connectivity index (χ1v) is 4.46. The van der Waals surface area contributed by atoms with Crippen LogP contribution in [0.5, 0.6) is 0 Å². The Morgan fingerprint density at radius 1 is 1.33 bits per heavy atom. The van der Waals surface area contributed by atoms with Gasteiger partial charge in [-0.15, -0.1) is 0 Å². The topological polar surface area (TPSA) is 74.6 Å². The minimum Gasteiger partial charge on any atom is -0.479 e. The van der Waals surface area contributed by atoms with E-state index in [2.05, 4.69) is 0 Å². The fourth-order valence-electron chi connectivity index (χ4n) is 1.35. The molecular weight excluding hydrogens is 196 g/mol. The summed E-state index contributed by atoms with van der Waals surface area (Å²) in [5.41, 5.74) is 1.24. The Kier molecular flexibility index (Phi) is 3.21. The van der Waals surface area contributed by atoms with E-state index in [1.807, 2.05) is 0 Å². The summed E-state index contributed by atoms with van der Waals surface area (Å²) in [6.45, 7) is 3.14. The van der Waals surface area contributed by atoms with E-state index in [4.69, 9.17) is 5.11 Å². The van der Waals surface area contributed by atoms with Gasteiger partial charge in [0.1, 0.15) is 0 Å². The van der Waals surface area contributed by atoms with Crippen molar-refractivity contribution >= 4 is 11.8 Å². The fraction of sp³-hybridized carbons (Fsp3) is 0.273. The Bertz CT molecular complexity index is 409. The number of hydrogen-bond donors (Lipinski definition) is 2. The molecule has 0 bridgehead atoms. The number of aryl methyl sites for hydroxylation is 1. The van der Waals surface area contributed by atoms with Gasteiger partial charge in [-0.25, -0.2) is 4.79 Å². The molecule has 15 heavy (non-hydrogen) atoms. The summed E-state index contributed by atoms with van der Waals surface area (Å²) in [5, 5.41) is 18.0. The molecule has 4 heteroatoms. The number of Topliss-reactive ketones (excluding diaryl/α,β-unsaturated/α-hetero) is 1. The van der Waals surface area contributed by atoms with E-state index < -0.39 is 12.1 Å². The van der Waals surface area contributed by atoms with Crippen LogP contribution in [0.3, 0.4) is 0 Å². The van der Waals surface area contributed by atoms with E-state index >= 15 is 0 Å². The lowest BCUT2D eigenvalue weighted by Crippen LogP contribution is -2.14. The van der Waals surface area contributed by atoms with Crippen molar-refractivity contribution in [3.8, 4) is 0 Å². The number of benzene rings is 1. The summed E-state index contributed by atoms with van der Waals surface area (Å²) in [6.07, 6.45) is -1.65. The van der Waals surface area contributed by atoms with Crippen LogP contribution < -0.4 is 0 Å². The van der Waals surface area contributed by atoms with Crippen LogP contribution in [0.4, 0.5) is 0 Å². The minimum absolute atomic E-state index is 0.139. The fourth-order valence-corrected chi connectivity index (χ4v) is 1.35. The normalized spacial score (nSPS) is 12.2. The summed E-state index contributed by atoms with van der Waals surface area (Å²) in [4.78, 5) is 21.8. The predicted octanol–water partition coefficient (Wildman–Crippen LogP) is 1.32. The van der Waals surface area contributed by atoms with Gasteiger partial charge in [-0.2, -0.15) is 0 Å². The molecule has 2 N–H and O–H groups in total. The Morgan fingerprint density at radius 2 is 1.93 bits per heavy atom. The quantitative estimate of drug-likeness (QED) is 0.734. The summed E-state index contributed by atoms with van der Waals surface area (Å²) in [6, 6.07) is 4.70. The molecule has 1 aromatic carbocycles.